The Bertz CT molecular complexity index is 728. The SMILES string of the molecule is C[C@H]1C[C@H]1C(=O)Nc1ncc(Cc2ccc(OC(F)(F)F)cc2)s1. The van der Waals surface area contributed by atoms with E-state index in [1.54, 1.807) is 18.3 Å². The Labute approximate surface area is 140 Å². The Morgan fingerprint density at radius 3 is 2.62 bits per heavy atom. The molecule has 0 spiro atoms. The van der Waals surface area contributed by atoms with Gasteiger partial charge in [-0.3, -0.25) is 4.79 Å². The summed E-state index contributed by atoms with van der Waals surface area (Å²) in [4.78, 5) is 16.9. The number of anilines is 1. The molecule has 1 fully saturated rings. The molecule has 24 heavy (non-hydrogen) atoms. The molecular formula is C16H15F3N2O2S. The zero-order chi connectivity index (χ0) is 17.3. The fourth-order valence-electron chi connectivity index (χ4n) is 2.34. The first kappa shape index (κ1) is 16.8. The smallest absolute Gasteiger partial charge is 0.406 e. The van der Waals surface area contributed by atoms with Crippen LogP contribution in [0.15, 0.2) is 30.5 Å². The van der Waals surface area contributed by atoms with Gasteiger partial charge in [-0.1, -0.05) is 19.1 Å². The highest BCUT2D eigenvalue weighted by atomic mass is 32.1. The molecule has 8 heteroatoms. The minimum Gasteiger partial charge on any atom is -0.406 e. The standard InChI is InChI=1S/C16H15F3N2O2S/c1-9-6-13(9)14(22)21-15-20-8-12(24-15)7-10-2-4-11(5-3-10)23-16(17,18)19/h2-5,8-9,13H,6-7H2,1H3,(H,20,21,22)/t9-,13+/m0/s1. The number of hydrogen-bond acceptors (Lipinski definition) is 4. The molecule has 0 unspecified atom stereocenters. The van der Waals surface area contributed by atoms with Gasteiger partial charge in [0.1, 0.15) is 5.75 Å². The summed E-state index contributed by atoms with van der Waals surface area (Å²) in [6.45, 7) is 2.03. The maximum Gasteiger partial charge on any atom is 0.573 e. The van der Waals surface area contributed by atoms with E-state index in [0.717, 1.165) is 16.9 Å². The third kappa shape index (κ3) is 4.47. The van der Waals surface area contributed by atoms with Gasteiger partial charge in [0.25, 0.3) is 0 Å². The first-order valence-electron chi connectivity index (χ1n) is 7.40. The normalized spacial score (nSPS) is 19.8. The van der Waals surface area contributed by atoms with Crippen LogP contribution in [0.2, 0.25) is 0 Å². The number of benzene rings is 1. The van der Waals surface area contributed by atoms with E-state index in [4.69, 9.17) is 0 Å². The largest absolute Gasteiger partial charge is 0.573 e. The zero-order valence-electron chi connectivity index (χ0n) is 12.8. The van der Waals surface area contributed by atoms with E-state index in [-0.39, 0.29) is 17.6 Å². The minimum absolute atomic E-state index is 0.00273. The number of hydrogen-bond donors (Lipinski definition) is 1. The van der Waals surface area contributed by atoms with Crippen molar-refractivity contribution in [2.45, 2.75) is 26.1 Å². The molecule has 2 atom stereocenters. The molecule has 0 saturated heterocycles. The van der Waals surface area contributed by atoms with Crippen molar-refractivity contribution in [3.05, 3.63) is 40.9 Å². The molecule has 0 radical (unpaired) electrons. The van der Waals surface area contributed by atoms with Gasteiger partial charge in [-0.2, -0.15) is 0 Å². The van der Waals surface area contributed by atoms with Gasteiger partial charge in [0, 0.05) is 23.4 Å². The lowest BCUT2D eigenvalue weighted by Gasteiger charge is -2.08. The highest BCUT2D eigenvalue weighted by Gasteiger charge is 2.39. The Hall–Kier alpha value is -2.09. The van der Waals surface area contributed by atoms with Crippen LogP contribution in [0.3, 0.4) is 0 Å². The van der Waals surface area contributed by atoms with E-state index in [2.05, 4.69) is 15.0 Å². The first-order valence-corrected chi connectivity index (χ1v) is 8.22. The molecule has 1 aliphatic rings. The number of thiazole rings is 1. The third-order valence-corrected chi connectivity index (χ3v) is 4.68. The number of carbonyl (C=O) groups is 1. The molecule has 1 amide bonds. The van der Waals surface area contributed by atoms with Crippen molar-refractivity contribution in [2.24, 2.45) is 11.8 Å². The number of alkyl halides is 3. The number of amides is 1. The van der Waals surface area contributed by atoms with E-state index in [9.17, 15) is 18.0 Å². The lowest BCUT2D eigenvalue weighted by molar-refractivity contribution is -0.274. The van der Waals surface area contributed by atoms with Crippen molar-refractivity contribution in [3.63, 3.8) is 0 Å². The molecule has 0 aliphatic heterocycles. The van der Waals surface area contributed by atoms with Gasteiger partial charge in [-0.05, 0) is 30.0 Å². The lowest BCUT2D eigenvalue weighted by atomic mass is 10.1. The summed E-state index contributed by atoms with van der Waals surface area (Å²) in [5.74, 6) is 0.263. The van der Waals surface area contributed by atoms with Crippen LogP contribution in [-0.4, -0.2) is 17.3 Å². The van der Waals surface area contributed by atoms with Crippen molar-refractivity contribution in [3.8, 4) is 5.75 Å². The van der Waals surface area contributed by atoms with Crippen LogP contribution >= 0.6 is 11.3 Å². The summed E-state index contributed by atoms with van der Waals surface area (Å²) < 4.78 is 40.2. The molecule has 1 saturated carbocycles. The molecule has 1 heterocycles. The van der Waals surface area contributed by atoms with Crippen LogP contribution in [0.5, 0.6) is 5.75 Å². The van der Waals surface area contributed by atoms with Crippen LogP contribution in [0.4, 0.5) is 18.3 Å². The molecule has 4 nitrogen and oxygen atoms in total. The summed E-state index contributed by atoms with van der Waals surface area (Å²) >= 11 is 1.36. The van der Waals surface area contributed by atoms with Crippen LogP contribution in [0.1, 0.15) is 23.8 Å². The van der Waals surface area contributed by atoms with E-state index in [1.807, 2.05) is 6.92 Å². The fraction of sp³-hybridized carbons (Fsp3) is 0.375. The highest BCUT2D eigenvalue weighted by Crippen LogP contribution is 2.38. The van der Waals surface area contributed by atoms with E-state index in [1.165, 1.54) is 23.5 Å². The van der Waals surface area contributed by atoms with Crippen LogP contribution < -0.4 is 10.1 Å². The van der Waals surface area contributed by atoms with Gasteiger partial charge >= 0.3 is 6.36 Å². The number of nitrogens with zero attached hydrogens (tertiary/aromatic N) is 1. The van der Waals surface area contributed by atoms with Gasteiger partial charge in [-0.15, -0.1) is 24.5 Å². The summed E-state index contributed by atoms with van der Waals surface area (Å²) in [5.41, 5.74) is 0.835. The monoisotopic (exact) mass is 356 g/mol. The molecule has 1 N–H and O–H groups in total. The molecule has 1 aromatic heterocycles. The summed E-state index contributed by atoms with van der Waals surface area (Å²) in [6.07, 6.45) is -1.59. The van der Waals surface area contributed by atoms with Crippen molar-refractivity contribution in [1.29, 1.82) is 0 Å². The van der Waals surface area contributed by atoms with E-state index >= 15 is 0 Å². The zero-order valence-corrected chi connectivity index (χ0v) is 13.6. The molecule has 128 valence electrons. The van der Waals surface area contributed by atoms with E-state index < -0.39 is 6.36 Å². The maximum absolute atomic E-state index is 12.1. The third-order valence-electron chi connectivity index (χ3n) is 3.77. The lowest BCUT2D eigenvalue weighted by Crippen LogP contribution is -2.17. The van der Waals surface area contributed by atoms with Crippen molar-refractivity contribution in [2.75, 3.05) is 5.32 Å². The van der Waals surface area contributed by atoms with Crippen molar-refractivity contribution in [1.82, 2.24) is 4.98 Å². The Morgan fingerprint density at radius 1 is 1.38 bits per heavy atom. The summed E-state index contributed by atoms with van der Waals surface area (Å²) in [6, 6.07) is 5.71. The molecule has 0 bridgehead atoms. The Balaban J connectivity index is 1.57. The minimum atomic E-state index is -4.69. The quantitative estimate of drug-likeness (QED) is 0.872. The van der Waals surface area contributed by atoms with Crippen LogP contribution in [-0.2, 0) is 11.2 Å². The fourth-order valence-corrected chi connectivity index (χ4v) is 3.19. The Morgan fingerprint density at radius 2 is 2.04 bits per heavy atom. The number of nitrogens with one attached hydrogen (secondary N) is 1. The van der Waals surface area contributed by atoms with Crippen LogP contribution in [0, 0.1) is 11.8 Å². The molecule has 1 aromatic carbocycles. The number of carbonyl (C=O) groups excluding carboxylic acids is 1. The first-order chi connectivity index (χ1) is 11.3. The summed E-state index contributed by atoms with van der Waals surface area (Å²) in [7, 11) is 0. The van der Waals surface area contributed by atoms with Crippen molar-refractivity contribution < 1.29 is 22.7 Å². The molecule has 2 aromatic rings. The van der Waals surface area contributed by atoms with Gasteiger partial charge < -0.3 is 10.1 Å². The molecular weight excluding hydrogens is 341 g/mol. The van der Waals surface area contributed by atoms with Gasteiger partial charge in [-0.25, -0.2) is 4.98 Å². The maximum atomic E-state index is 12.1. The number of aromatic nitrogens is 1. The Kier molecular flexibility index (Phi) is 4.49. The van der Waals surface area contributed by atoms with Gasteiger partial charge in [0.15, 0.2) is 5.13 Å². The number of ether oxygens (including phenoxy) is 1. The van der Waals surface area contributed by atoms with Gasteiger partial charge in [0.05, 0.1) is 0 Å². The average molecular weight is 356 g/mol. The predicted molar refractivity (Wildman–Crippen MR) is 83.9 cm³/mol. The second-order valence-electron chi connectivity index (χ2n) is 5.81. The predicted octanol–water partition coefficient (Wildman–Crippen LogP) is 4.23. The second kappa shape index (κ2) is 6.43. The molecule has 1 aliphatic carbocycles. The number of rotatable bonds is 5. The van der Waals surface area contributed by atoms with E-state index in [0.29, 0.717) is 17.5 Å². The topological polar surface area (TPSA) is 51.2 Å². The van der Waals surface area contributed by atoms with Crippen molar-refractivity contribution >= 4 is 22.4 Å². The summed E-state index contributed by atoms with van der Waals surface area (Å²) in [5, 5.41) is 3.35. The highest BCUT2D eigenvalue weighted by molar-refractivity contribution is 7.15. The second-order valence-corrected chi connectivity index (χ2v) is 6.92. The number of halogens is 3. The van der Waals surface area contributed by atoms with Crippen LogP contribution in [0.25, 0.3) is 0 Å². The van der Waals surface area contributed by atoms with Gasteiger partial charge in [0.2, 0.25) is 5.91 Å². The molecule has 3 rings (SSSR count). The average Bonchev–Trinajstić information content (AvgIpc) is 3.06.